The number of rotatable bonds is 8. The van der Waals surface area contributed by atoms with E-state index in [1.165, 1.54) is 0 Å². The number of carbonyl (C=O) groups is 2. The minimum Gasteiger partial charge on any atom is -0.444 e. The Morgan fingerprint density at radius 1 is 1.11 bits per heavy atom. The molecule has 1 amide bonds. The van der Waals surface area contributed by atoms with Crippen molar-refractivity contribution in [1.82, 2.24) is 10.4 Å². The maximum Gasteiger partial charge on any atom is 0.414 e. The first kappa shape index (κ1) is 25.7. The van der Waals surface area contributed by atoms with Gasteiger partial charge in [-0.25, -0.2) is 27.4 Å². The number of nitrogen functional groups attached to an aromatic ring is 1. The van der Waals surface area contributed by atoms with Crippen LogP contribution in [0.2, 0.25) is 0 Å². The highest BCUT2D eigenvalue weighted by molar-refractivity contribution is 5.90. The molecule has 2 aromatic carbocycles. The van der Waals surface area contributed by atoms with E-state index in [0.29, 0.717) is 38.4 Å². The number of carbonyl (C=O) groups excluding carboxylic acids is 2. The number of nitrogens with one attached hydrogen (secondary N) is 1. The summed E-state index contributed by atoms with van der Waals surface area (Å²) in [5.74, 6) is -2.91. The third-order valence-electron chi connectivity index (χ3n) is 6.17. The van der Waals surface area contributed by atoms with E-state index in [-0.39, 0.29) is 24.3 Å². The van der Waals surface area contributed by atoms with Crippen molar-refractivity contribution in [3.63, 3.8) is 0 Å². The maximum absolute atomic E-state index is 15.1. The van der Waals surface area contributed by atoms with Crippen LogP contribution < -0.4 is 21.0 Å². The Hall–Kier alpha value is -3.38. The van der Waals surface area contributed by atoms with E-state index in [2.05, 4.69) is 5.43 Å². The number of benzene rings is 2. The number of Topliss-reactive ketones (excluding diaryl/α,β-unsaturated/α-hetero) is 1. The first-order chi connectivity index (χ1) is 17.2. The second kappa shape index (κ2) is 11.1. The van der Waals surface area contributed by atoms with Crippen LogP contribution >= 0.6 is 0 Å². The number of amides is 1. The van der Waals surface area contributed by atoms with E-state index in [1.54, 1.807) is 4.90 Å². The summed E-state index contributed by atoms with van der Waals surface area (Å²) in [6, 6.07) is 9.57. The maximum atomic E-state index is 15.1. The van der Waals surface area contributed by atoms with Crippen LogP contribution in [-0.4, -0.2) is 62.1 Å². The molecule has 2 aliphatic rings. The number of ketones is 1. The average Bonchev–Trinajstić information content (AvgIpc) is 3.06. The van der Waals surface area contributed by atoms with Crippen molar-refractivity contribution in [2.75, 3.05) is 48.3 Å². The van der Waals surface area contributed by atoms with Gasteiger partial charge in [0, 0.05) is 57.0 Å². The Morgan fingerprint density at radius 3 is 2.47 bits per heavy atom. The molecule has 0 aromatic heterocycles. The Bertz CT molecular complexity index is 1080. The fraction of sp³-hybridized carbons (Fsp3) is 0.417. The predicted molar refractivity (Wildman–Crippen MR) is 126 cm³/mol. The summed E-state index contributed by atoms with van der Waals surface area (Å²) in [5, 5.41) is 1.97. The summed E-state index contributed by atoms with van der Waals surface area (Å²) in [6.07, 6.45) is -5.32. The Morgan fingerprint density at radius 2 is 1.81 bits per heavy atom. The zero-order chi connectivity index (χ0) is 25.8. The molecule has 4 rings (SSSR count). The third-order valence-corrected chi connectivity index (χ3v) is 6.17. The molecule has 36 heavy (non-hydrogen) atoms. The van der Waals surface area contributed by atoms with Gasteiger partial charge in [-0.2, -0.15) is 0 Å². The fourth-order valence-electron chi connectivity index (χ4n) is 4.28. The van der Waals surface area contributed by atoms with E-state index >= 15 is 8.78 Å². The Balaban J connectivity index is 1.40. The second-order valence-corrected chi connectivity index (χ2v) is 8.74. The Labute approximate surface area is 205 Å². The standard InChI is InChI=1S/C24H27F4N5O3/c25-19-11-17(33-14-18(36-24(33)35)5-6-21(34)23(27)28)12-20(26)22(19)31-8-7-30-32(10-9-31)13-15-1-3-16(29)4-2-15/h1-4,11-12,18,23,30H,5-10,13-14,29H2/t18-/m0/s1. The number of halogens is 4. The molecule has 0 spiro atoms. The van der Waals surface area contributed by atoms with Gasteiger partial charge in [-0.3, -0.25) is 15.1 Å². The molecule has 1 atom stereocenters. The monoisotopic (exact) mass is 509 g/mol. The zero-order valence-corrected chi connectivity index (χ0v) is 19.4. The summed E-state index contributed by atoms with van der Waals surface area (Å²) >= 11 is 0. The highest BCUT2D eigenvalue weighted by Gasteiger charge is 2.34. The molecule has 0 aliphatic carbocycles. The summed E-state index contributed by atoms with van der Waals surface area (Å²) in [4.78, 5) is 26.0. The quantitative estimate of drug-likeness (QED) is 0.417. The zero-order valence-electron chi connectivity index (χ0n) is 19.4. The summed E-state index contributed by atoms with van der Waals surface area (Å²) < 4.78 is 60.1. The van der Waals surface area contributed by atoms with E-state index in [4.69, 9.17) is 10.5 Å². The fourth-order valence-corrected chi connectivity index (χ4v) is 4.28. The van der Waals surface area contributed by atoms with Crippen LogP contribution in [0, 0.1) is 11.6 Å². The number of hydrogen-bond acceptors (Lipinski definition) is 7. The van der Waals surface area contributed by atoms with Gasteiger partial charge in [-0.1, -0.05) is 12.1 Å². The molecule has 2 saturated heterocycles. The molecule has 3 N–H and O–H groups in total. The number of cyclic esters (lactones) is 1. The van der Waals surface area contributed by atoms with Gasteiger partial charge in [0.1, 0.15) is 11.8 Å². The van der Waals surface area contributed by atoms with Crippen LogP contribution in [0.15, 0.2) is 36.4 Å². The normalized spacial score (nSPS) is 19.0. The average molecular weight is 510 g/mol. The number of ether oxygens (including phenoxy) is 1. The van der Waals surface area contributed by atoms with Crippen LogP contribution in [0.4, 0.5) is 39.4 Å². The number of hydrogen-bond donors (Lipinski definition) is 2. The minimum atomic E-state index is -3.09. The first-order valence-corrected chi connectivity index (χ1v) is 11.6. The number of anilines is 3. The van der Waals surface area contributed by atoms with Crippen molar-refractivity contribution in [3.05, 3.63) is 53.6 Å². The molecular weight excluding hydrogens is 482 g/mol. The molecule has 2 aromatic rings. The molecule has 2 aliphatic heterocycles. The smallest absolute Gasteiger partial charge is 0.414 e. The second-order valence-electron chi connectivity index (χ2n) is 8.74. The molecule has 2 fully saturated rings. The van der Waals surface area contributed by atoms with Crippen molar-refractivity contribution in [2.24, 2.45) is 0 Å². The molecule has 0 radical (unpaired) electrons. The molecule has 8 nitrogen and oxygen atoms in total. The van der Waals surface area contributed by atoms with Crippen molar-refractivity contribution < 1.29 is 31.9 Å². The van der Waals surface area contributed by atoms with Crippen molar-refractivity contribution >= 4 is 28.9 Å². The number of hydrazine groups is 1. The molecule has 12 heteroatoms. The van der Waals surface area contributed by atoms with Crippen LogP contribution in [0.5, 0.6) is 0 Å². The van der Waals surface area contributed by atoms with Gasteiger partial charge in [0.2, 0.25) is 0 Å². The highest BCUT2D eigenvalue weighted by Crippen LogP contribution is 2.32. The lowest BCUT2D eigenvalue weighted by molar-refractivity contribution is -0.129. The van der Waals surface area contributed by atoms with Gasteiger partial charge in [0.15, 0.2) is 17.4 Å². The van der Waals surface area contributed by atoms with Crippen LogP contribution in [0.3, 0.4) is 0 Å². The van der Waals surface area contributed by atoms with Gasteiger partial charge in [-0.15, -0.1) is 0 Å². The van der Waals surface area contributed by atoms with Crippen molar-refractivity contribution in [3.8, 4) is 0 Å². The molecule has 0 saturated carbocycles. The minimum absolute atomic E-state index is 0.0423. The lowest BCUT2D eigenvalue weighted by atomic mass is 10.1. The predicted octanol–water partition coefficient (Wildman–Crippen LogP) is 3.31. The van der Waals surface area contributed by atoms with E-state index in [9.17, 15) is 18.4 Å². The molecule has 0 unspecified atom stereocenters. The van der Waals surface area contributed by atoms with E-state index < -0.39 is 42.5 Å². The number of alkyl halides is 2. The lowest BCUT2D eigenvalue weighted by Gasteiger charge is -2.25. The Kier molecular flexibility index (Phi) is 7.94. The summed E-state index contributed by atoms with van der Waals surface area (Å²) in [5.41, 5.74) is 10.5. The number of nitrogens with zero attached hydrogens (tertiary/aromatic N) is 3. The van der Waals surface area contributed by atoms with Gasteiger partial charge in [-0.05, 0) is 24.1 Å². The first-order valence-electron chi connectivity index (χ1n) is 11.6. The summed E-state index contributed by atoms with van der Waals surface area (Å²) in [6.45, 7) is 2.19. The molecular formula is C24H27F4N5O3. The largest absolute Gasteiger partial charge is 0.444 e. The highest BCUT2D eigenvalue weighted by atomic mass is 19.3. The third kappa shape index (κ3) is 6.05. The van der Waals surface area contributed by atoms with Gasteiger partial charge in [0.05, 0.1) is 12.2 Å². The SMILES string of the molecule is Nc1ccc(CN2CCN(c3c(F)cc(N4C[C@H](CCC(=O)C(F)F)OC4=O)cc3F)CCN2)cc1. The summed E-state index contributed by atoms with van der Waals surface area (Å²) in [7, 11) is 0. The van der Waals surface area contributed by atoms with Crippen molar-refractivity contribution in [2.45, 2.75) is 31.9 Å². The van der Waals surface area contributed by atoms with Crippen LogP contribution in [-0.2, 0) is 16.1 Å². The van der Waals surface area contributed by atoms with Crippen LogP contribution in [0.1, 0.15) is 18.4 Å². The molecule has 194 valence electrons. The topological polar surface area (TPSA) is 91.1 Å². The molecule has 2 heterocycles. The number of nitrogens with two attached hydrogens (primary N) is 1. The van der Waals surface area contributed by atoms with E-state index in [0.717, 1.165) is 22.6 Å². The van der Waals surface area contributed by atoms with Gasteiger partial charge < -0.3 is 15.4 Å². The van der Waals surface area contributed by atoms with Crippen molar-refractivity contribution in [1.29, 1.82) is 0 Å². The van der Waals surface area contributed by atoms with Crippen LogP contribution in [0.25, 0.3) is 0 Å². The molecule has 0 bridgehead atoms. The van der Waals surface area contributed by atoms with Gasteiger partial charge >= 0.3 is 6.09 Å². The van der Waals surface area contributed by atoms with Gasteiger partial charge in [0.25, 0.3) is 6.43 Å². The van der Waals surface area contributed by atoms with E-state index in [1.807, 2.05) is 29.3 Å². The lowest BCUT2D eigenvalue weighted by Crippen LogP contribution is -2.38.